The lowest BCUT2D eigenvalue weighted by atomic mass is 9.43. The van der Waals surface area contributed by atoms with E-state index in [2.05, 4.69) is 45.1 Å². The van der Waals surface area contributed by atoms with Crippen molar-refractivity contribution in [3.63, 3.8) is 0 Å². The van der Waals surface area contributed by atoms with E-state index < -0.39 is 0 Å². The second-order valence-corrected chi connectivity index (χ2v) is 8.92. The zero-order valence-electron chi connectivity index (χ0n) is 15.8. The van der Waals surface area contributed by atoms with Gasteiger partial charge in [0.15, 0.2) is 5.88 Å². The first-order chi connectivity index (χ1) is 11.9. The van der Waals surface area contributed by atoms with Gasteiger partial charge in [-0.2, -0.15) is 0 Å². The van der Waals surface area contributed by atoms with Crippen molar-refractivity contribution in [3.8, 4) is 0 Å². The van der Waals surface area contributed by atoms with Crippen molar-refractivity contribution < 1.29 is 13.7 Å². The summed E-state index contributed by atoms with van der Waals surface area (Å²) in [6, 6.07) is 8.18. The Morgan fingerprint density at radius 2 is 1.96 bits per heavy atom. The van der Waals surface area contributed by atoms with Crippen LogP contribution in [-0.2, 0) is 9.31 Å². The van der Waals surface area contributed by atoms with Gasteiger partial charge in [0.2, 0.25) is 0 Å². The maximum Gasteiger partial charge on any atom is 0.481 e. The van der Waals surface area contributed by atoms with Crippen LogP contribution in [0.3, 0.4) is 0 Å². The smallest absolute Gasteiger partial charge is 0.448 e. The SMILES string of the molecule is C[C@@H](Nc1occ2ccccc12)B1O[C@@H]2C[C@@H]3C[C@@H](C3(C)C)[C@]2(C)O1.Cl. The first kappa shape index (κ1) is 18.2. The van der Waals surface area contributed by atoms with Gasteiger partial charge in [0, 0.05) is 10.8 Å². The maximum atomic E-state index is 6.53. The van der Waals surface area contributed by atoms with E-state index in [1.165, 1.54) is 6.42 Å². The van der Waals surface area contributed by atoms with Crippen molar-refractivity contribution in [2.45, 2.75) is 58.2 Å². The van der Waals surface area contributed by atoms with Crippen LogP contribution in [0, 0.1) is 17.3 Å². The molecule has 0 radical (unpaired) electrons. The highest BCUT2D eigenvalue weighted by Gasteiger charge is 2.68. The normalized spacial score (nSPS) is 35.4. The lowest BCUT2D eigenvalue weighted by Crippen LogP contribution is -2.65. The standard InChI is InChI=1S/C20H26BNO3.ClH/c1-12(22-18-15-8-6-5-7-13(15)11-23-18)21-24-17-10-14-9-16(19(14,2)3)20(17,4)25-21;/h5-8,11-12,14,16-17,22H,9-10H2,1-4H3;1H/t12-,14+,16+,17-,20+;/m1./s1. The lowest BCUT2D eigenvalue weighted by molar-refractivity contribution is -0.199. The van der Waals surface area contributed by atoms with E-state index in [4.69, 9.17) is 13.7 Å². The molecule has 6 rings (SSSR count). The Hall–Kier alpha value is -1.17. The monoisotopic (exact) mass is 375 g/mol. The van der Waals surface area contributed by atoms with Crippen molar-refractivity contribution in [1.29, 1.82) is 0 Å². The van der Waals surface area contributed by atoms with Gasteiger partial charge in [0.25, 0.3) is 0 Å². The minimum Gasteiger partial charge on any atom is -0.448 e. The molecule has 3 saturated carbocycles. The van der Waals surface area contributed by atoms with Crippen LogP contribution in [0.25, 0.3) is 10.8 Å². The summed E-state index contributed by atoms with van der Waals surface area (Å²) in [5.74, 6) is 2.18. The molecule has 1 saturated heterocycles. The van der Waals surface area contributed by atoms with E-state index in [1.54, 1.807) is 6.26 Å². The maximum absolute atomic E-state index is 6.53. The quantitative estimate of drug-likeness (QED) is 0.773. The van der Waals surface area contributed by atoms with Crippen LogP contribution in [0.2, 0.25) is 0 Å². The number of hydrogen-bond donors (Lipinski definition) is 1. The Labute approximate surface area is 161 Å². The molecule has 4 fully saturated rings. The topological polar surface area (TPSA) is 43.6 Å². The third kappa shape index (κ3) is 2.37. The fraction of sp³-hybridized carbons (Fsp3) is 0.600. The van der Waals surface area contributed by atoms with Crippen LogP contribution in [0.4, 0.5) is 5.88 Å². The number of halogens is 1. The average Bonchev–Trinajstić information content (AvgIpc) is 3.15. The number of anilines is 1. The summed E-state index contributed by atoms with van der Waals surface area (Å²) in [7, 11) is -0.242. The number of rotatable bonds is 3. The van der Waals surface area contributed by atoms with Crippen molar-refractivity contribution >= 4 is 36.2 Å². The molecule has 4 aliphatic rings. The molecule has 2 aromatic rings. The van der Waals surface area contributed by atoms with Gasteiger partial charge in [-0.3, -0.25) is 0 Å². The van der Waals surface area contributed by atoms with Gasteiger partial charge in [-0.1, -0.05) is 32.0 Å². The third-order valence-electron chi connectivity index (χ3n) is 7.24. The molecule has 5 atom stereocenters. The molecule has 140 valence electrons. The fourth-order valence-corrected chi connectivity index (χ4v) is 5.49. The Balaban J connectivity index is 0.00000168. The van der Waals surface area contributed by atoms with Gasteiger partial charge in [0.1, 0.15) is 6.26 Å². The molecule has 6 heteroatoms. The molecule has 4 nitrogen and oxygen atoms in total. The van der Waals surface area contributed by atoms with Crippen LogP contribution >= 0.6 is 12.4 Å². The van der Waals surface area contributed by atoms with E-state index >= 15 is 0 Å². The number of nitrogens with one attached hydrogen (secondary N) is 1. The molecule has 0 spiro atoms. The zero-order valence-corrected chi connectivity index (χ0v) is 16.6. The minimum atomic E-state index is -0.242. The number of furan rings is 1. The second-order valence-electron chi connectivity index (χ2n) is 8.92. The first-order valence-corrected chi connectivity index (χ1v) is 9.45. The third-order valence-corrected chi connectivity index (χ3v) is 7.24. The number of fused-ring (bicyclic) bond motifs is 1. The van der Waals surface area contributed by atoms with E-state index in [-0.39, 0.29) is 37.2 Å². The van der Waals surface area contributed by atoms with Crippen LogP contribution in [0.1, 0.15) is 40.5 Å². The molecule has 1 N–H and O–H groups in total. The highest BCUT2D eigenvalue weighted by atomic mass is 35.5. The van der Waals surface area contributed by atoms with Gasteiger partial charge >= 0.3 is 7.12 Å². The molecule has 2 bridgehead atoms. The summed E-state index contributed by atoms with van der Waals surface area (Å²) in [5.41, 5.74) is 0.210. The summed E-state index contributed by atoms with van der Waals surface area (Å²) >= 11 is 0. The average molecular weight is 376 g/mol. The van der Waals surface area contributed by atoms with Crippen LogP contribution < -0.4 is 5.32 Å². The van der Waals surface area contributed by atoms with Crippen molar-refractivity contribution in [1.82, 2.24) is 0 Å². The summed E-state index contributed by atoms with van der Waals surface area (Å²) in [6.45, 7) is 9.15. The minimum absolute atomic E-state index is 0. The molecular formula is C20H27BClNO3. The summed E-state index contributed by atoms with van der Waals surface area (Å²) in [6.07, 6.45) is 4.40. The van der Waals surface area contributed by atoms with E-state index in [9.17, 15) is 0 Å². The molecule has 1 aromatic heterocycles. The lowest BCUT2D eigenvalue weighted by Gasteiger charge is -2.64. The number of benzene rings is 1. The predicted octanol–water partition coefficient (Wildman–Crippen LogP) is 4.92. The van der Waals surface area contributed by atoms with Crippen LogP contribution in [-0.4, -0.2) is 24.8 Å². The van der Waals surface area contributed by atoms with Gasteiger partial charge in [-0.25, -0.2) is 0 Å². The molecule has 3 aliphatic carbocycles. The molecule has 0 amide bonds. The largest absolute Gasteiger partial charge is 0.481 e. The summed E-state index contributed by atoms with van der Waals surface area (Å²) in [4.78, 5) is 0. The van der Waals surface area contributed by atoms with E-state index in [1.807, 2.05) is 12.1 Å². The zero-order chi connectivity index (χ0) is 17.4. The fourth-order valence-electron chi connectivity index (χ4n) is 5.49. The first-order valence-electron chi connectivity index (χ1n) is 9.45. The summed E-state index contributed by atoms with van der Waals surface area (Å²) < 4.78 is 18.6. The van der Waals surface area contributed by atoms with E-state index in [0.29, 0.717) is 11.3 Å². The molecular weight excluding hydrogens is 348 g/mol. The highest BCUT2D eigenvalue weighted by Crippen LogP contribution is 2.65. The van der Waals surface area contributed by atoms with Crippen molar-refractivity contribution in [2.24, 2.45) is 17.3 Å². The van der Waals surface area contributed by atoms with Gasteiger partial charge in [-0.05, 0) is 50.0 Å². The Kier molecular flexibility index (Phi) is 4.14. The highest BCUT2D eigenvalue weighted by molar-refractivity contribution is 6.48. The molecule has 1 aromatic carbocycles. The molecule has 26 heavy (non-hydrogen) atoms. The Bertz CT molecular complexity index is 824. The molecule has 1 aliphatic heterocycles. The van der Waals surface area contributed by atoms with Gasteiger partial charge in [-0.15, -0.1) is 12.4 Å². The van der Waals surface area contributed by atoms with Crippen molar-refractivity contribution in [2.75, 3.05) is 5.32 Å². The van der Waals surface area contributed by atoms with Gasteiger partial charge < -0.3 is 19.0 Å². The predicted molar refractivity (Wildman–Crippen MR) is 107 cm³/mol. The second kappa shape index (κ2) is 5.92. The molecule has 2 heterocycles. The van der Waals surface area contributed by atoms with Crippen LogP contribution in [0.5, 0.6) is 0 Å². The Morgan fingerprint density at radius 1 is 1.19 bits per heavy atom. The van der Waals surface area contributed by atoms with E-state index in [0.717, 1.165) is 29.0 Å². The van der Waals surface area contributed by atoms with Crippen LogP contribution in [0.15, 0.2) is 34.9 Å². The molecule has 0 unspecified atom stereocenters. The summed E-state index contributed by atoms with van der Waals surface area (Å²) in [5, 5.41) is 5.67. The number of hydrogen-bond acceptors (Lipinski definition) is 4. The Morgan fingerprint density at radius 3 is 2.73 bits per heavy atom. The van der Waals surface area contributed by atoms with Crippen molar-refractivity contribution in [3.05, 3.63) is 30.5 Å². The van der Waals surface area contributed by atoms with Gasteiger partial charge in [0.05, 0.1) is 17.6 Å².